The molecule has 33 heavy (non-hydrogen) atoms. The van der Waals surface area contributed by atoms with Crippen LogP contribution in [0, 0.1) is 5.92 Å². The van der Waals surface area contributed by atoms with Crippen LogP contribution >= 0.6 is 0 Å². The van der Waals surface area contributed by atoms with Crippen molar-refractivity contribution in [2.24, 2.45) is 5.92 Å². The Morgan fingerprint density at radius 3 is 1.94 bits per heavy atom. The summed E-state index contributed by atoms with van der Waals surface area (Å²) in [5.41, 5.74) is 2.04. The molecule has 7 nitrogen and oxygen atoms in total. The molecule has 1 fully saturated rings. The van der Waals surface area contributed by atoms with E-state index in [-0.39, 0.29) is 17.9 Å². The number of nitrogens with zero attached hydrogens (tertiary/aromatic N) is 2. The molecule has 1 aliphatic rings. The molecule has 0 spiro atoms. The highest BCUT2D eigenvalue weighted by molar-refractivity contribution is 5.79. The molecule has 0 aliphatic carbocycles. The van der Waals surface area contributed by atoms with Gasteiger partial charge in [-0.25, -0.2) is 0 Å². The van der Waals surface area contributed by atoms with Crippen LogP contribution < -0.4 is 15.4 Å². The van der Waals surface area contributed by atoms with E-state index >= 15 is 0 Å². The molecule has 1 atom stereocenters. The molecule has 0 saturated carbocycles. The lowest BCUT2D eigenvalue weighted by atomic mass is 9.98. The van der Waals surface area contributed by atoms with Gasteiger partial charge in [-0.05, 0) is 29.2 Å². The molecule has 3 rings (SSSR count). The Hall–Kier alpha value is -2.90. The Morgan fingerprint density at radius 2 is 1.39 bits per heavy atom. The number of piperazine rings is 1. The van der Waals surface area contributed by atoms with Crippen LogP contribution in [-0.4, -0.2) is 74.5 Å². The van der Waals surface area contributed by atoms with Crippen LogP contribution in [0.2, 0.25) is 0 Å². The molecule has 7 heteroatoms. The van der Waals surface area contributed by atoms with Gasteiger partial charge in [0.15, 0.2) is 0 Å². The van der Waals surface area contributed by atoms with E-state index < -0.39 is 0 Å². The minimum Gasteiger partial charge on any atom is -0.497 e. The molecule has 0 aromatic heterocycles. The van der Waals surface area contributed by atoms with Crippen molar-refractivity contribution in [1.29, 1.82) is 0 Å². The van der Waals surface area contributed by atoms with E-state index in [1.807, 2.05) is 54.6 Å². The maximum Gasteiger partial charge on any atom is 0.234 e. The van der Waals surface area contributed by atoms with Crippen LogP contribution in [0.25, 0.3) is 0 Å². The largest absolute Gasteiger partial charge is 0.497 e. The number of hydrogen-bond donors (Lipinski definition) is 2. The van der Waals surface area contributed by atoms with Crippen molar-refractivity contribution in [3.05, 3.63) is 65.7 Å². The third-order valence-corrected chi connectivity index (χ3v) is 5.79. The number of carbonyl (C=O) groups is 2. The predicted molar refractivity (Wildman–Crippen MR) is 130 cm³/mol. The van der Waals surface area contributed by atoms with Gasteiger partial charge >= 0.3 is 0 Å². The second-order valence-corrected chi connectivity index (χ2v) is 8.93. The number of nitrogens with one attached hydrogen (secondary N) is 2. The first-order valence-electron chi connectivity index (χ1n) is 11.6. The molecule has 0 radical (unpaired) electrons. The minimum atomic E-state index is -0.226. The number of rotatable bonds is 10. The second-order valence-electron chi connectivity index (χ2n) is 8.93. The Labute approximate surface area is 197 Å². The van der Waals surface area contributed by atoms with E-state index in [1.165, 1.54) is 0 Å². The first-order chi connectivity index (χ1) is 15.9. The summed E-state index contributed by atoms with van der Waals surface area (Å²) in [4.78, 5) is 29.3. The Balaban J connectivity index is 1.53. The van der Waals surface area contributed by atoms with Gasteiger partial charge in [0.1, 0.15) is 5.75 Å². The summed E-state index contributed by atoms with van der Waals surface area (Å²) in [5, 5.41) is 6.17. The lowest BCUT2D eigenvalue weighted by Gasteiger charge is -2.34. The highest BCUT2D eigenvalue weighted by Crippen LogP contribution is 2.24. The number of methoxy groups -OCH3 is 1. The molecule has 178 valence electrons. The Bertz CT molecular complexity index is 878. The van der Waals surface area contributed by atoms with Crippen LogP contribution in [0.3, 0.4) is 0 Å². The SMILES string of the molecule is COc1ccc([C@H](NC(=O)CN2CCN(CC(=O)NCC(C)C)CC2)c2ccccc2)cc1. The summed E-state index contributed by atoms with van der Waals surface area (Å²) in [6.07, 6.45) is 0. The summed E-state index contributed by atoms with van der Waals surface area (Å²) in [6.45, 7) is 8.73. The van der Waals surface area contributed by atoms with Gasteiger partial charge in [0.2, 0.25) is 11.8 Å². The quantitative estimate of drug-likeness (QED) is 0.579. The number of benzene rings is 2. The zero-order valence-electron chi connectivity index (χ0n) is 19.9. The number of amides is 2. The lowest BCUT2D eigenvalue weighted by Crippen LogP contribution is -2.51. The van der Waals surface area contributed by atoms with Crippen molar-refractivity contribution in [2.75, 3.05) is 52.9 Å². The van der Waals surface area contributed by atoms with Crippen molar-refractivity contribution in [3.8, 4) is 5.75 Å². The van der Waals surface area contributed by atoms with E-state index in [2.05, 4.69) is 34.3 Å². The zero-order valence-corrected chi connectivity index (χ0v) is 19.9. The van der Waals surface area contributed by atoms with E-state index in [4.69, 9.17) is 4.74 Å². The topological polar surface area (TPSA) is 73.9 Å². The summed E-state index contributed by atoms with van der Waals surface area (Å²) < 4.78 is 5.27. The van der Waals surface area contributed by atoms with Gasteiger partial charge < -0.3 is 15.4 Å². The molecule has 2 amide bonds. The van der Waals surface area contributed by atoms with Crippen LogP contribution in [0.4, 0.5) is 0 Å². The van der Waals surface area contributed by atoms with E-state index in [1.54, 1.807) is 7.11 Å². The first-order valence-corrected chi connectivity index (χ1v) is 11.6. The highest BCUT2D eigenvalue weighted by atomic mass is 16.5. The maximum absolute atomic E-state index is 12.9. The summed E-state index contributed by atoms with van der Waals surface area (Å²) in [5.74, 6) is 1.29. The normalized spacial score (nSPS) is 15.8. The van der Waals surface area contributed by atoms with Crippen molar-refractivity contribution in [2.45, 2.75) is 19.9 Å². The lowest BCUT2D eigenvalue weighted by molar-refractivity contribution is -0.125. The van der Waals surface area contributed by atoms with Crippen molar-refractivity contribution in [1.82, 2.24) is 20.4 Å². The van der Waals surface area contributed by atoms with Crippen molar-refractivity contribution < 1.29 is 14.3 Å². The van der Waals surface area contributed by atoms with Gasteiger partial charge in [0.25, 0.3) is 0 Å². The fourth-order valence-corrected chi connectivity index (χ4v) is 3.89. The van der Waals surface area contributed by atoms with Crippen LogP contribution in [0.15, 0.2) is 54.6 Å². The summed E-state index contributed by atoms with van der Waals surface area (Å²) >= 11 is 0. The third kappa shape index (κ3) is 7.87. The average Bonchev–Trinajstić information content (AvgIpc) is 2.83. The summed E-state index contributed by atoms with van der Waals surface area (Å²) in [6, 6.07) is 17.6. The number of hydrogen-bond acceptors (Lipinski definition) is 5. The monoisotopic (exact) mass is 452 g/mol. The van der Waals surface area contributed by atoms with E-state index in [9.17, 15) is 9.59 Å². The predicted octanol–water partition coefficient (Wildman–Crippen LogP) is 2.29. The Kier molecular flexibility index (Phi) is 9.27. The first kappa shape index (κ1) is 24.7. The second kappa shape index (κ2) is 12.4. The van der Waals surface area contributed by atoms with E-state index in [0.717, 1.165) is 43.1 Å². The average molecular weight is 453 g/mol. The van der Waals surface area contributed by atoms with Crippen LogP contribution in [0.1, 0.15) is 31.0 Å². The molecular weight excluding hydrogens is 416 g/mol. The fourth-order valence-electron chi connectivity index (χ4n) is 3.89. The molecular formula is C26H36N4O3. The molecule has 1 heterocycles. The standard InChI is InChI=1S/C26H36N4O3/c1-20(2)17-27-24(31)18-29-13-15-30(16-14-29)19-25(32)28-26(21-7-5-4-6-8-21)22-9-11-23(33-3)12-10-22/h4-12,20,26H,13-19H2,1-3H3,(H,27,31)(H,28,32)/t26-/m1/s1. The van der Waals surface area contributed by atoms with E-state index in [0.29, 0.717) is 25.6 Å². The summed E-state index contributed by atoms with van der Waals surface area (Å²) in [7, 11) is 1.64. The van der Waals surface area contributed by atoms with Crippen molar-refractivity contribution >= 4 is 11.8 Å². The van der Waals surface area contributed by atoms with Gasteiger partial charge in [-0.3, -0.25) is 19.4 Å². The molecule has 0 unspecified atom stereocenters. The number of ether oxygens (including phenoxy) is 1. The van der Waals surface area contributed by atoms with Crippen LogP contribution in [0.5, 0.6) is 5.75 Å². The molecule has 2 N–H and O–H groups in total. The maximum atomic E-state index is 12.9. The van der Waals surface area contributed by atoms with Gasteiger partial charge in [-0.2, -0.15) is 0 Å². The van der Waals surface area contributed by atoms with Crippen LogP contribution in [-0.2, 0) is 9.59 Å². The molecule has 0 bridgehead atoms. The number of carbonyl (C=O) groups excluding carboxylic acids is 2. The zero-order chi connectivity index (χ0) is 23.6. The molecule has 1 saturated heterocycles. The van der Waals surface area contributed by atoms with Crippen molar-refractivity contribution in [3.63, 3.8) is 0 Å². The molecule has 2 aromatic carbocycles. The van der Waals surface area contributed by atoms with Gasteiger partial charge in [0, 0.05) is 32.7 Å². The third-order valence-electron chi connectivity index (χ3n) is 5.79. The van der Waals surface area contributed by atoms with Gasteiger partial charge in [-0.1, -0.05) is 56.3 Å². The molecule has 1 aliphatic heterocycles. The minimum absolute atomic E-state index is 0.0113. The smallest absolute Gasteiger partial charge is 0.234 e. The Morgan fingerprint density at radius 1 is 0.848 bits per heavy atom. The fraction of sp³-hybridized carbons (Fsp3) is 0.462. The van der Waals surface area contributed by atoms with Gasteiger partial charge in [0.05, 0.1) is 26.2 Å². The van der Waals surface area contributed by atoms with Gasteiger partial charge in [-0.15, -0.1) is 0 Å². The highest BCUT2D eigenvalue weighted by Gasteiger charge is 2.23. The molecule has 2 aromatic rings.